The van der Waals surface area contributed by atoms with Crippen LogP contribution in [0.5, 0.6) is 0 Å². The molecule has 0 spiro atoms. The predicted octanol–water partition coefficient (Wildman–Crippen LogP) is 2.50. The molecule has 0 radical (unpaired) electrons. The molecule has 1 amide bonds. The summed E-state index contributed by atoms with van der Waals surface area (Å²) in [6.45, 7) is 1.96. The van der Waals surface area contributed by atoms with Crippen LogP contribution in [0.4, 0.5) is 9.18 Å². The number of amides is 1. The van der Waals surface area contributed by atoms with Crippen molar-refractivity contribution >= 4 is 17.7 Å². The number of aromatic nitrogens is 1. The number of carbonyl (C=O) groups is 2. The Bertz CT molecular complexity index is 928. The Balaban J connectivity index is 1.57. The first-order chi connectivity index (χ1) is 14.0. The van der Waals surface area contributed by atoms with Gasteiger partial charge >= 0.3 is 6.09 Å². The van der Waals surface area contributed by atoms with Crippen molar-refractivity contribution in [3.8, 4) is 0 Å². The van der Waals surface area contributed by atoms with Crippen molar-refractivity contribution in [1.82, 2.24) is 10.3 Å². The maximum Gasteiger partial charge on any atom is 0.412 e. The second-order valence-corrected chi connectivity index (χ2v) is 6.85. The van der Waals surface area contributed by atoms with Crippen LogP contribution < -0.4 is 5.32 Å². The van der Waals surface area contributed by atoms with E-state index < -0.39 is 6.09 Å². The van der Waals surface area contributed by atoms with Gasteiger partial charge in [0.05, 0.1) is 13.2 Å². The van der Waals surface area contributed by atoms with E-state index >= 15 is 0 Å². The van der Waals surface area contributed by atoms with Crippen LogP contribution in [0.15, 0.2) is 41.5 Å². The van der Waals surface area contributed by atoms with Crippen LogP contribution in [0.25, 0.3) is 0 Å². The fourth-order valence-corrected chi connectivity index (χ4v) is 3.14. The van der Waals surface area contributed by atoms with Crippen molar-refractivity contribution in [1.29, 1.82) is 0 Å². The monoisotopic (exact) mass is 399 g/mol. The fraction of sp³-hybridized carbons (Fsp3) is 0.333. The smallest absolute Gasteiger partial charge is 0.412 e. The van der Waals surface area contributed by atoms with E-state index in [9.17, 15) is 14.0 Å². The number of fused-ring (bicyclic) bond motifs is 1. The number of alkyl carbamates (subject to hydrolysis) is 1. The summed E-state index contributed by atoms with van der Waals surface area (Å²) < 4.78 is 17.8. The number of amidine groups is 1. The summed E-state index contributed by atoms with van der Waals surface area (Å²) in [6.07, 6.45) is 1.42. The van der Waals surface area contributed by atoms with E-state index in [0.29, 0.717) is 30.1 Å². The summed E-state index contributed by atoms with van der Waals surface area (Å²) in [7, 11) is 0. The number of carbonyl (C=O) groups excluding carboxylic acids is 2. The number of halogens is 1. The second-order valence-electron chi connectivity index (χ2n) is 6.85. The van der Waals surface area contributed by atoms with Gasteiger partial charge < -0.3 is 9.84 Å². The average molecular weight is 399 g/mol. The summed E-state index contributed by atoms with van der Waals surface area (Å²) in [4.78, 5) is 32.6. The summed E-state index contributed by atoms with van der Waals surface area (Å²) in [6, 6.07) is 7.98. The molecule has 1 aromatic carbocycles. The first-order valence-electron chi connectivity index (χ1n) is 9.30. The SMILES string of the molecule is C[C@@H](CC(=O)Cc1cc2c(cn1)C(NC(=O)OCCO)=NC2)c1ccc(F)cc1. The first-order valence-corrected chi connectivity index (χ1v) is 9.30. The lowest BCUT2D eigenvalue weighted by Gasteiger charge is -2.11. The normalized spacial score (nSPS) is 13.4. The number of nitrogens with zero attached hydrogens (tertiary/aromatic N) is 2. The molecule has 2 heterocycles. The molecule has 2 aromatic rings. The molecule has 1 aliphatic heterocycles. The summed E-state index contributed by atoms with van der Waals surface area (Å²) >= 11 is 0. The van der Waals surface area contributed by atoms with E-state index in [1.54, 1.807) is 18.3 Å². The molecule has 29 heavy (non-hydrogen) atoms. The van der Waals surface area contributed by atoms with E-state index in [1.807, 2.05) is 13.0 Å². The number of Topliss-reactive ketones (excluding diaryl/α,β-unsaturated/α-hetero) is 1. The molecule has 152 valence electrons. The van der Waals surface area contributed by atoms with Gasteiger partial charge in [-0.2, -0.15) is 0 Å². The zero-order valence-corrected chi connectivity index (χ0v) is 16.0. The minimum Gasteiger partial charge on any atom is -0.447 e. The van der Waals surface area contributed by atoms with Gasteiger partial charge in [0, 0.05) is 30.3 Å². The number of aliphatic hydroxyl groups is 1. The number of nitrogens with one attached hydrogen (secondary N) is 1. The summed E-state index contributed by atoms with van der Waals surface area (Å²) in [5.74, 6) is 0.0892. The molecule has 7 nitrogen and oxygen atoms in total. The summed E-state index contributed by atoms with van der Waals surface area (Å²) in [5, 5.41) is 11.2. The molecule has 0 saturated heterocycles. The summed E-state index contributed by atoms with van der Waals surface area (Å²) in [5.41, 5.74) is 3.10. The minimum absolute atomic E-state index is 0.0124. The van der Waals surface area contributed by atoms with Gasteiger partial charge in [0.25, 0.3) is 0 Å². The first kappa shape index (κ1) is 20.6. The van der Waals surface area contributed by atoms with Crippen LogP contribution in [0.2, 0.25) is 0 Å². The van der Waals surface area contributed by atoms with Crippen molar-refractivity contribution < 1.29 is 23.8 Å². The maximum absolute atomic E-state index is 13.0. The van der Waals surface area contributed by atoms with E-state index in [1.165, 1.54) is 12.1 Å². The minimum atomic E-state index is -0.695. The van der Waals surface area contributed by atoms with Gasteiger partial charge in [-0.25, -0.2) is 9.18 Å². The van der Waals surface area contributed by atoms with Gasteiger partial charge in [0.1, 0.15) is 24.0 Å². The number of hydrogen-bond acceptors (Lipinski definition) is 6. The van der Waals surface area contributed by atoms with E-state index in [0.717, 1.165) is 11.1 Å². The molecule has 8 heteroatoms. The molecule has 0 bridgehead atoms. The third-order valence-corrected chi connectivity index (χ3v) is 4.60. The number of pyridine rings is 1. The topological polar surface area (TPSA) is 101 Å². The molecule has 0 saturated carbocycles. The second kappa shape index (κ2) is 9.38. The lowest BCUT2D eigenvalue weighted by molar-refractivity contribution is -0.118. The number of ether oxygens (including phenoxy) is 1. The Morgan fingerprint density at radius 1 is 1.31 bits per heavy atom. The molecule has 2 N–H and O–H groups in total. The Labute approximate surface area is 167 Å². The Kier molecular flexibility index (Phi) is 6.66. The predicted molar refractivity (Wildman–Crippen MR) is 104 cm³/mol. The highest BCUT2D eigenvalue weighted by Crippen LogP contribution is 2.22. The van der Waals surface area contributed by atoms with Crippen molar-refractivity contribution in [2.24, 2.45) is 4.99 Å². The fourth-order valence-electron chi connectivity index (χ4n) is 3.14. The van der Waals surface area contributed by atoms with Crippen molar-refractivity contribution in [2.75, 3.05) is 13.2 Å². The number of benzene rings is 1. The largest absolute Gasteiger partial charge is 0.447 e. The van der Waals surface area contributed by atoms with Crippen molar-refractivity contribution in [3.05, 3.63) is 64.7 Å². The van der Waals surface area contributed by atoms with Crippen molar-refractivity contribution in [3.63, 3.8) is 0 Å². The highest BCUT2D eigenvalue weighted by molar-refractivity contribution is 6.08. The molecule has 3 rings (SSSR count). The Morgan fingerprint density at radius 3 is 2.79 bits per heavy atom. The van der Waals surface area contributed by atoms with Crippen LogP contribution in [0.3, 0.4) is 0 Å². The zero-order chi connectivity index (χ0) is 20.8. The molecular formula is C21H22FN3O4. The van der Waals surface area contributed by atoms with E-state index in [-0.39, 0.29) is 37.2 Å². The highest BCUT2D eigenvalue weighted by atomic mass is 19.1. The number of aliphatic imine (C=N–C) groups is 1. The Hall–Kier alpha value is -3.13. The molecule has 1 aliphatic rings. The van der Waals surface area contributed by atoms with Gasteiger partial charge in [-0.15, -0.1) is 0 Å². The van der Waals surface area contributed by atoms with Gasteiger partial charge in [-0.3, -0.25) is 20.1 Å². The molecule has 0 fully saturated rings. The van der Waals surface area contributed by atoms with Crippen LogP contribution in [-0.2, 0) is 22.5 Å². The molecule has 0 unspecified atom stereocenters. The number of hydrogen-bond donors (Lipinski definition) is 2. The third-order valence-electron chi connectivity index (χ3n) is 4.60. The third kappa shape index (κ3) is 5.45. The van der Waals surface area contributed by atoms with Crippen LogP contribution >= 0.6 is 0 Å². The number of rotatable bonds is 7. The zero-order valence-electron chi connectivity index (χ0n) is 16.0. The quantitative estimate of drug-likeness (QED) is 0.745. The maximum atomic E-state index is 13.0. The van der Waals surface area contributed by atoms with E-state index in [2.05, 4.69) is 15.3 Å². The average Bonchev–Trinajstić information content (AvgIpc) is 3.08. The molecule has 1 atom stereocenters. The van der Waals surface area contributed by atoms with Gasteiger partial charge in [0.15, 0.2) is 0 Å². The van der Waals surface area contributed by atoms with Crippen LogP contribution in [0.1, 0.15) is 41.6 Å². The molecule has 0 aliphatic carbocycles. The lowest BCUT2D eigenvalue weighted by atomic mass is 9.94. The lowest BCUT2D eigenvalue weighted by Crippen LogP contribution is -2.31. The van der Waals surface area contributed by atoms with E-state index in [4.69, 9.17) is 9.84 Å². The van der Waals surface area contributed by atoms with Crippen LogP contribution in [-0.4, -0.2) is 41.0 Å². The van der Waals surface area contributed by atoms with Gasteiger partial charge in [-0.1, -0.05) is 19.1 Å². The van der Waals surface area contributed by atoms with Crippen LogP contribution in [0, 0.1) is 5.82 Å². The molecule has 1 aromatic heterocycles. The Morgan fingerprint density at radius 2 is 2.07 bits per heavy atom. The van der Waals surface area contributed by atoms with Gasteiger partial charge in [-0.05, 0) is 35.2 Å². The number of ketones is 1. The van der Waals surface area contributed by atoms with Gasteiger partial charge in [0.2, 0.25) is 0 Å². The van der Waals surface area contributed by atoms with Crippen molar-refractivity contribution in [2.45, 2.75) is 32.2 Å². The molecular weight excluding hydrogens is 377 g/mol. The highest BCUT2D eigenvalue weighted by Gasteiger charge is 2.20. The number of aliphatic hydroxyl groups excluding tert-OH is 1. The standard InChI is InChI=1S/C21H22FN3O4/c1-13(14-2-4-16(22)5-3-14)8-18(27)10-17-9-15-11-24-20(19(15)12-23-17)25-21(28)29-7-6-26/h2-5,9,12-13,26H,6-8,10-11H2,1H3,(H,24,25,28)/t13-/m0/s1.